The molecule has 0 saturated carbocycles. The van der Waals surface area contributed by atoms with E-state index in [-0.39, 0.29) is 12.7 Å². The van der Waals surface area contributed by atoms with Crippen LogP contribution in [0.5, 0.6) is 0 Å². The first-order chi connectivity index (χ1) is 11.6. The molecule has 2 heterocycles. The van der Waals surface area contributed by atoms with Crippen LogP contribution in [-0.4, -0.2) is 50.1 Å². The number of carbonyl (C=O) groups excluding carboxylic acids is 2. The molecule has 2 fully saturated rings. The van der Waals surface area contributed by atoms with E-state index in [1.165, 1.54) is 14.0 Å². The minimum Gasteiger partial charge on any atom is -0.467 e. The lowest BCUT2D eigenvalue weighted by atomic mass is 9.97. The molecule has 130 valence electrons. The van der Waals surface area contributed by atoms with Crippen molar-refractivity contribution in [2.24, 2.45) is 0 Å². The monoisotopic (exact) mass is 336 g/mol. The van der Waals surface area contributed by atoms with E-state index in [4.69, 9.17) is 23.7 Å². The number of rotatable bonds is 3. The van der Waals surface area contributed by atoms with Crippen molar-refractivity contribution in [2.45, 2.75) is 44.1 Å². The summed E-state index contributed by atoms with van der Waals surface area (Å²) in [6.45, 7) is 1.57. The Balaban J connectivity index is 1.72. The number of ether oxygens (including phenoxy) is 5. The van der Waals surface area contributed by atoms with Crippen molar-refractivity contribution < 1.29 is 33.3 Å². The van der Waals surface area contributed by atoms with Crippen LogP contribution in [0.15, 0.2) is 30.3 Å². The fourth-order valence-corrected chi connectivity index (χ4v) is 2.97. The molecular weight excluding hydrogens is 316 g/mol. The first kappa shape index (κ1) is 16.9. The quantitative estimate of drug-likeness (QED) is 0.771. The number of esters is 2. The van der Waals surface area contributed by atoms with Gasteiger partial charge in [0.1, 0.15) is 12.2 Å². The SMILES string of the molecule is COC(=O)[C@@H]1O[C@@H]2CO[C@H](c3ccccc3)O[C@@H]2C[C@H]1OC(C)=O. The molecule has 1 aromatic carbocycles. The standard InChI is InChI=1S/C17H20O7/c1-10(18)22-13-8-12-14(23-15(13)16(19)20-2)9-21-17(24-12)11-6-4-3-5-7-11/h3-7,12-15,17H,8-9H2,1-2H3/t12-,13-,14-,15-,17+/m1/s1. The van der Waals surface area contributed by atoms with Crippen LogP contribution in [-0.2, 0) is 33.3 Å². The second-order valence-electron chi connectivity index (χ2n) is 5.75. The van der Waals surface area contributed by atoms with Gasteiger partial charge in [-0.3, -0.25) is 4.79 Å². The van der Waals surface area contributed by atoms with Crippen molar-refractivity contribution in [3.8, 4) is 0 Å². The molecular formula is C17H20O7. The Morgan fingerprint density at radius 2 is 1.88 bits per heavy atom. The van der Waals surface area contributed by atoms with Gasteiger partial charge in [-0.05, 0) is 0 Å². The van der Waals surface area contributed by atoms with E-state index in [1.54, 1.807) is 0 Å². The van der Waals surface area contributed by atoms with Gasteiger partial charge in [-0.25, -0.2) is 4.79 Å². The highest BCUT2D eigenvalue weighted by molar-refractivity contribution is 5.76. The molecule has 1 aromatic rings. The van der Waals surface area contributed by atoms with Crippen LogP contribution in [0.3, 0.4) is 0 Å². The summed E-state index contributed by atoms with van der Waals surface area (Å²) in [6, 6.07) is 9.54. The highest BCUT2D eigenvalue weighted by Crippen LogP contribution is 2.34. The zero-order valence-corrected chi connectivity index (χ0v) is 13.5. The van der Waals surface area contributed by atoms with Gasteiger partial charge in [-0.15, -0.1) is 0 Å². The zero-order valence-electron chi connectivity index (χ0n) is 13.5. The molecule has 0 N–H and O–H groups in total. The number of hydrogen-bond donors (Lipinski definition) is 0. The van der Waals surface area contributed by atoms with E-state index in [0.29, 0.717) is 6.42 Å². The van der Waals surface area contributed by atoms with Crippen molar-refractivity contribution in [3.05, 3.63) is 35.9 Å². The molecule has 0 bridgehead atoms. The molecule has 0 amide bonds. The topological polar surface area (TPSA) is 80.3 Å². The van der Waals surface area contributed by atoms with Gasteiger partial charge in [-0.1, -0.05) is 30.3 Å². The average Bonchev–Trinajstić information content (AvgIpc) is 2.60. The predicted molar refractivity (Wildman–Crippen MR) is 80.9 cm³/mol. The van der Waals surface area contributed by atoms with Crippen LogP contribution in [0.2, 0.25) is 0 Å². The first-order valence-corrected chi connectivity index (χ1v) is 7.81. The minimum absolute atomic E-state index is 0.282. The summed E-state index contributed by atoms with van der Waals surface area (Å²) < 4.78 is 27.4. The molecule has 3 rings (SSSR count). The smallest absolute Gasteiger partial charge is 0.338 e. The van der Waals surface area contributed by atoms with Gasteiger partial charge < -0.3 is 23.7 Å². The zero-order chi connectivity index (χ0) is 17.1. The predicted octanol–water partition coefficient (Wildman–Crippen LogP) is 1.36. The van der Waals surface area contributed by atoms with Crippen molar-refractivity contribution in [1.29, 1.82) is 0 Å². The number of hydrogen-bond acceptors (Lipinski definition) is 7. The van der Waals surface area contributed by atoms with Gasteiger partial charge >= 0.3 is 11.9 Å². The Labute approximate surface area is 139 Å². The first-order valence-electron chi connectivity index (χ1n) is 7.81. The maximum absolute atomic E-state index is 11.9. The van der Waals surface area contributed by atoms with E-state index >= 15 is 0 Å². The second kappa shape index (κ2) is 7.29. The third-order valence-corrected chi connectivity index (χ3v) is 4.07. The van der Waals surface area contributed by atoms with Crippen LogP contribution >= 0.6 is 0 Å². The van der Waals surface area contributed by atoms with Crippen LogP contribution in [0.25, 0.3) is 0 Å². The van der Waals surface area contributed by atoms with E-state index in [2.05, 4.69) is 0 Å². The van der Waals surface area contributed by atoms with Gasteiger partial charge in [0.05, 0.1) is 19.8 Å². The lowest BCUT2D eigenvalue weighted by Crippen LogP contribution is -2.56. The molecule has 2 aliphatic heterocycles. The van der Waals surface area contributed by atoms with Gasteiger partial charge in [0.25, 0.3) is 0 Å². The number of methoxy groups -OCH3 is 1. The van der Waals surface area contributed by atoms with Crippen molar-refractivity contribution in [2.75, 3.05) is 13.7 Å². The summed E-state index contributed by atoms with van der Waals surface area (Å²) in [5, 5.41) is 0. The third-order valence-electron chi connectivity index (χ3n) is 4.07. The van der Waals surface area contributed by atoms with E-state index in [0.717, 1.165) is 5.56 Å². The van der Waals surface area contributed by atoms with Crippen molar-refractivity contribution in [3.63, 3.8) is 0 Å². The highest BCUT2D eigenvalue weighted by atomic mass is 16.7. The minimum atomic E-state index is -0.972. The van der Waals surface area contributed by atoms with E-state index in [9.17, 15) is 9.59 Å². The lowest BCUT2D eigenvalue weighted by molar-refractivity contribution is -0.301. The van der Waals surface area contributed by atoms with Gasteiger partial charge in [0, 0.05) is 18.9 Å². The Morgan fingerprint density at radius 1 is 1.12 bits per heavy atom. The van der Waals surface area contributed by atoms with E-state index in [1.807, 2.05) is 30.3 Å². The largest absolute Gasteiger partial charge is 0.467 e. The van der Waals surface area contributed by atoms with Gasteiger partial charge in [-0.2, -0.15) is 0 Å². The van der Waals surface area contributed by atoms with Gasteiger partial charge in [0.15, 0.2) is 12.4 Å². The van der Waals surface area contributed by atoms with Crippen LogP contribution in [0, 0.1) is 0 Å². The van der Waals surface area contributed by atoms with Gasteiger partial charge in [0.2, 0.25) is 0 Å². The molecule has 0 spiro atoms. The molecule has 0 aliphatic carbocycles. The fraction of sp³-hybridized carbons (Fsp3) is 0.529. The molecule has 0 unspecified atom stereocenters. The van der Waals surface area contributed by atoms with E-state index < -0.39 is 36.5 Å². The average molecular weight is 336 g/mol. The summed E-state index contributed by atoms with van der Waals surface area (Å²) in [6.07, 6.45) is -2.64. The van der Waals surface area contributed by atoms with Crippen molar-refractivity contribution >= 4 is 11.9 Å². The number of benzene rings is 1. The Bertz CT molecular complexity index is 588. The third kappa shape index (κ3) is 3.58. The maximum Gasteiger partial charge on any atom is 0.338 e. The Kier molecular flexibility index (Phi) is 5.13. The Morgan fingerprint density at radius 3 is 2.54 bits per heavy atom. The maximum atomic E-state index is 11.9. The fourth-order valence-electron chi connectivity index (χ4n) is 2.97. The molecule has 0 aromatic heterocycles. The summed E-state index contributed by atoms with van der Waals surface area (Å²) in [5.74, 6) is -1.06. The Hall–Kier alpha value is -1.96. The van der Waals surface area contributed by atoms with Crippen LogP contribution in [0.4, 0.5) is 0 Å². The lowest BCUT2D eigenvalue weighted by Gasteiger charge is -2.43. The molecule has 2 saturated heterocycles. The molecule has 7 nitrogen and oxygen atoms in total. The summed E-state index contributed by atoms with van der Waals surface area (Å²) in [7, 11) is 1.27. The van der Waals surface area contributed by atoms with Crippen LogP contribution < -0.4 is 0 Å². The number of carbonyl (C=O) groups is 2. The summed E-state index contributed by atoms with van der Waals surface area (Å²) in [5.41, 5.74) is 0.898. The molecule has 0 radical (unpaired) electrons. The highest BCUT2D eigenvalue weighted by Gasteiger charge is 2.47. The van der Waals surface area contributed by atoms with Crippen LogP contribution in [0.1, 0.15) is 25.2 Å². The molecule has 7 heteroatoms. The molecule has 5 atom stereocenters. The second-order valence-corrected chi connectivity index (χ2v) is 5.75. The summed E-state index contributed by atoms with van der Waals surface area (Å²) in [4.78, 5) is 23.2. The normalized spacial score (nSPS) is 32.5. The molecule has 2 aliphatic rings. The molecule has 24 heavy (non-hydrogen) atoms. The van der Waals surface area contributed by atoms with Crippen molar-refractivity contribution in [1.82, 2.24) is 0 Å². The summed E-state index contributed by atoms with van der Waals surface area (Å²) >= 11 is 0. The number of fused-ring (bicyclic) bond motifs is 1.